The number of rotatable bonds is 18. The van der Waals surface area contributed by atoms with Gasteiger partial charge in [0.2, 0.25) is 0 Å². The van der Waals surface area contributed by atoms with Gasteiger partial charge in [0.05, 0.1) is 111 Å². The number of carbonyl (C=O) groups excluding carboxylic acids is 4. The number of halogens is 9. The Morgan fingerprint density at radius 1 is 0.308 bits per heavy atom. The largest absolute Gasteiger partial charge is 0.497 e. The number of nitrogens with one attached hydrogen (secondary N) is 13. The average molecular weight is 2140 g/mol. The van der Waals surface area contributed by atoms with Crippen LogP contribution in [-0.2, 0) is 40.1 Å². The Balaban J connectivity index is 0.000000151. The molecule has 13 N–H and O–H groups in total. The molecule has 0 spiro atoms. The Morgan fingerprint density at radius 3 is 0.872 bits per heavy atom. The number of para-hydroxylation sites is 1. The highest BCUT2D eigenvalue weighted by atomic mass is 35.5. The van der Waals surface area contributed by atoms with E-state index in [0.29, 0.717) is 32.7 Å². The van der Waals surface area contributed by atoms with Gasteiger partial charge in [-0.2, -0.15) is 0 Å². The fourth-order valence-corrected chi connectivity index (χ4v) is 22.9. The van der Waals surface area contributed by atoms with Crippen LogP contribution in [0.15, 0.2) is 255 Å². The standard InChI is InChI=1S/C20H15Cl2N5O5S2.C20H14Cl2N4O6S2.C19H11Cl3N4O5S2.C19H12Cl2N4O5S2/c1-23-10-2-4-12-14(9-10)25-20(30)27(18(12)28)15-5-3-11(8-13(15)21)24-19(29)26-34(31,32)17-7-6-16(22)33-17;1-32-11-3-4-12-14(9-11)24-20(29)26(18(12)27)15-5-2-10(8-13(15)21)23-19(28)25-34(30,31)17-7-6-16(22)33-17;20-9-1-3-11-13(7-9)24-19(29)26(17(11)27)14-4-2-10(8-12(14)21)23-18(28)25-33(30,31)16-6-5-15(22)32-16;20-12-9-10(22-18(27)24-32(29,30)16-8-7-15(21)31-16)5-6-14(12)25-17(26)11-3-1-2-4-13(11)23-19(25)28/h2-9,23H,1H3,(H,25,30)(H2,24,26,29);2-9H,1H3,(H,24,29)(H2,23,25,28);1-8H,(H,24,29)(H2,23,25,28);1-9H,(H,23,28)(H2,22,24,27). The molecule has 8 aromatic carbocycles. The predicted molar refractivity (Wildman–Crippen MR) is 516 cm³/mol. The fourth-order valence-electron chi connectivity index (χ4n) is 12.1. The molecular formula is C78H52Cl9N17O21S8. The number of H-pyrrole nitrogens is 4. The maximum absolute atomic E-state index is 13.0. The van der Waals surface area contributed by atoms with Crippen molar-refractivity contribution in [1.29, 1.82) is 0 Å². The van der Waals surface area contributed by atoms with Crippen LogP contribution in [-0.4, -0.2) is 110 Å². The minimum atomic E-state index is -4.12. The number of thiophene rings is 4. The number of aromatic amines is 4. The number of sulfonamides is 4. The molecule has 0 saturated heterocycles. The molecule has 0 unspecified atom stereocenters. The van der Waals surface area contributed by atoms with Crippen LogP contribution >= 0.6 is 150 Å². The van der Waals surface area contributed by atoms with Gasteiger partial charge < -0.3 is 51.3 Å². The molecule has 16 aromatic rings. The molecule has 0 bridgehead atoms. The maximum Gasteiger partial charge on any atom is 0.333 e. The summed E-state index contributed by atoms with van der Waals surface area (Å²) in [6, 6.07) is 43.0. The zero-order chi connectivity index (χ0) is 96.2. The highest BCUT2D eigenvalue weighted by Crippen LogP contribution is 2.33. The summed E-state index contributed by atoms with van der Waals surface area (Å²) in [5.74, 6) is 0.469. The third-order valence-corrected chi connectivity index (χ3v) is 31.6. The molecule has 38 nitrogen and oxygen atoms in total. The van der Waals surface area contributed by atoms with Crippen LogP contribution < -0.4 is 95.2 Å². The van der Waals surface area contributed by atoms with Gasteiger partial charge in [0, 0.05) is 46.6 Å². The monoisotopic (exact) mass is 2130 g/mol. The summed E-state index contributed by atoms with van der Waals surface area (Å²) < 4.78 is 114. The van der Waals surface area contributed by atoms with E-state index < -0.39 is 109 Å². The summed E-state index contributed by atoms with van der Waals surface area (Å²) in [5, 5.41) is 13.5. The molecule has 0 radical (unpaired) electrons. The minimum absolute atomic E-state index is 0.0152. The van der Waals surface area contributed by atoms with E-state index in [-0.39, 0.29) is 121 Å². The lowest BCUT2D eigenvalue weighted by Gasteiger charge is -2.12. The van der Waals surface area contributed by atoms with Crippen molar-refractivity contribution in [3.05, 3.63) is 326 Å². The molecule has 0 fully saturated rings. The lowest BCUT2D eigenvalue weighted by atomic mass is 10.2. The van der Waals surface area contributed by atoms with Gasteiger partial charge in [-0.1, -0.05) is 117 Å². The van der Waals surface area contributed by atoms with E-state index in [0.717, 1.165) is 69.3 Å². The number of ether oxygens (including phenoxy) is 1. The maximum atomic E-state index is 13.0. The molecule has 0 saturated carbocycles. The molecule has 8 heterocycles. The Morgan fingerprint density at radius 2 is 0.579 bits per heavy atom. The van der Waals surface area contributed by atoms with E-state index in [9.17, 15) is 91.2 Å². The molecule has 0 atom stereocenters. The van der Waals surface area contributed by atoms with Gasteiger partial charge in [-0.15, -0.1) is 45.3 Å². The number of anilines is 5. The average Bonchev–Trinajstić information content (AvgIpc) is 1.34. The summed E-state index contributed by atoms with van der Waals surface area (Å²) >= 11 is 57.1. The van der Waals surface area contributed by atoms with Crippen LogP contribution in [0.4, 0.5) is 47.6 Å². The van der Waals surface area contributed by atoms with Crippen molar-refractivity contribution in [2.75, 3.05) is 40.7 Å². The smallest absolute Gasteiger partial charge is 0.333 e. The van der Waals surface area contributed by atoms with E-state index in [1.165, 1.54) is 159 Å². The van der Waals surface area contributed by atoms with Crippen molar-refractivity contribution >= 4 is 286 Å². The van der Waals surface area contributed by atoms with E-state index in [4.69, 9.17) is 109 Å². The van der Waals surface area contributed by atoms with Crippen molar-refractivity contribution in [2.45, 2.75) is 16.8 Å². The first-order valence-corrected chi connectivity index (χ1v) is 49.0. The molecular weight excluding hydrogens is 2090 g/mol. The van der Waals surface area contributed by atoms with E-state index in [2.05, 4.69) is 46.5 Å². The number of nitrogens with zero attached hydrogens (tertiary/aromatic N) is 4. The van der Waals surface area contributed by atoms with Crippen molar-refractivity contribution < 1.29 is 57.6 Å². The number of aromatic nitrogens is 8. The second-order valence-corrected chi connectivity index (χ2v) is 43.1. The van der Waals surface area contributed by atoms with Crippen molar-refractivity contribution in [3.8, 4) is 28.5 Å². The summed E-state index contributed by atoms with van der Waals surface area (Å²) in [5.41, 5.74) is -2.37. The minimum Gasteiger partial charge on any atom is -0.497 e. The lowest BCUT2D eigenvalue weighted by Crippen LogP contribution is -2.34. The Kier molecular flexibility index (Phi) is 29.8. The van der Waals surface area contributed by atoms with E-state index in [1.807, 2.05) is 18.9 Å². The van der Waals surface area contributed by atoms with Gasteiger partial charge in [-0.05, 0) is 182 Å². The van der Waals surface area contributed by atoms with Gasteiger partial charge in [-0.3, -0.25) is 19.2 Å². The fraction of sp³-hybridized carbons (Fsp3) is 0.0256. The summed E-state index contributed by atoms with van der Waals surface area (Å²) in [7, 11) is -13.3. The first-order valence-electron chi connectivity index (χ1n) is 36.4. The molecule has 0 aliphatic heterocycles. The van der Waals surface area contributed by atoms with Crippen LogP contribution in [0, 0.1) is 0 Å². The third kappa shape index (κ3) is 22.7. The Bertz CT molecular complexity index is 8260. The van der Waals surface area contributed by atoms with Gasteiger partial charge in [0.25, 0.3) is 62.3 Å². The molecule has 133 heavy (non-hydrogen) atoms. The number of amides is 8. The Hall–Kier alpha value is -12.6. The van der Waals surface area contributed by atoms with Crippen LogP contribution in [0.2, 0.25) is 42.5 Å². The summed E-state index contributed by atoms with van der Waals surface area (Å²) in [6.07, 6.45) is 0. The van der Waals surface area contributed by atoms with Crippen molar-refractivity contribution in [3.63, 3.8) is 0 Å². The second kappa shape index (κ2) is 40.5. The number of methoxy groups -OCH3 is 1. The highest BCUT2D eigenvalue weighted by molar-refractivity contribution is 7.93. The Labute approximate surface area is 805 Å². The summed E-state index contributed by atoms with van der Waals surface area (Å²) in [4.78, 5) is 161. The van der Waals surface area contributed by atoms with Gasteiger partial charge in [-0.25, -0.2) is 109 Å². The lowest BCUT2D eigenvalue weighted by molar-refractivity contribution is 0.255. The van der Waals surface area contributed by atoms with Crippen LogP contribution in [0.5, 0.6) is 5.75 Å². The predicted octanol–water partition coefficient (Wildman–Crippen LogP) is 14.9. The van der Waals surface area contributed by atoms with Gasteiger partial charge >= 0.3 is 46.9 Å². The molecule has 8 amide bonds. The third-order valence-electron chi connectivity index (χ3n) is 17.9. The molecule has 55 heteroatoms. The number of carbonyl (C=O) groups is 4. The quantitative estimate of drug-likeness (QED) is 0.0379. The molecule has 16 rings (SSSR count). The summed E-state index contributed by atoms with van der Waals surface area (Å²) in [6.45, 7) is 0. The second-order valence-electron chi connectivity index (χ2n) is 26.6. The number of fused-ring (bicyclic) bond motifs is 4. The molecule has 0 aliphatic carbocycles. The number of benzene rings is 8. The number of hydrogen-bond donors (Lipinski definition) is 13. The van der Waals surface area contributed by atoms with Crippen molar-refractivity contribution in [1.82, 2.24) is 57.1 Å². The number of urea groups is 4. The molecule has 8 aromatic heterocycles. The van der Waals surface area contributed by atoms with Crippen LogP contribution in [0.1, 0.15) is 0 Å². The molecule has 686 valence electrons. The van der Waals surface area contributed by atoms with Gasteiger partial charge in [0.1, 0.15) is 22.6 Å². The topological polar surface area (TPSA) is 542 Å². The first kappa shape index (κ1) is 97.9. The van der Waals surface area contributed by atoms with Crippen molar-refractivity contribution in [2.24, 2.45) is 0 Å². The normalized spacial score (nSPS) is 11.4. The SMILES string of the molecule is CNc1ccc2c(=O)n(-c3ccc(NC(=O)NS(=O)(=O)c4ccc(Cl)s4)cc3Cl)c(=O)[nH]c2c1.COc1ccc2c(=O)n(-c3ccc(NC(=O)NS(=O)(=O)c4ccc(Cl)s4)cc3Cl)c(=O)[nH]c2c1.O=C(Nc1ccc(-n2c(=O)[nH]c3cc(Cl)ccc3c2=O)c(Cl)c1)NS(=O)(=O)c1ccc(Cl)s1.O=C(Nc1ccc(-n2c(=O)[nH]c3ccccc3c2=O)c(Cl)c1)NS(=O)(=O)c1ccc(Cl)s1. The highest BCUT2D eigenvalue weighted by Gasteiger charge is 2.27. The number of hydrogen-bond acceptors (Lipinski definition) is 26. The van der Waals surface area contributed by atoms with Crippen LogP contribution in [0.25, 0.3) is 66.4 Å². The van der Waals surface area contributed by atoms with Gasteiger partial charge in [0.15, 0.2) is 0 Å². The zero-order valence-corrected chi connectivity index (χ0v) is 79.4. The van der Waals surface area contributed by atoms with E-state index >= 15 is 0 Å². The first-order chi connectivity index (χ1) is 62.9. The molecule has 0 aliphatic rings. The van der Waals surface area contributed by atoms with E-state index in [1.54, 1.807) is 55.6 Å². The zero-order valence-electron chi connectivity index (χ0n) is 66.1. The van der Waals surface area contributed by atoms with Crippen LogP contribution in [0.3, 0.4) is 0 Å².